The Bertz CT molecular complexity index is 675. The van der Waals surface area contributed by atoms with Gasteiger partial charge in [0.25, 0.3) is 5.91 Å². The van der Waals surface area contributed by atoms with Crippen LogP contribution in [0.1, 0.15) is 36.3 Å². The van der Waals surface area contributed by atoms with E-state index in [0.717, 1.165) is 25.1 Å². The lowest BCUT2D eigenvalue weighted by Crippen LogP contribution is -2.42. The maximum atomic E-state index is 12.7. The maximum absolute atomic E-state index is 12.7. The molecule has 1 aromatic carbocycles. The van der Waals surface area contributed by atoms with E-state index in [2.05, 4.69) is 24.2 Å². The van der Waals surface area contributed by atoms with Gasteiger partial charge in [0.05, 0.1) is 6.54 Å². The van der Waals surface area contributed by atoms with Crippen molar-refractivity contribution in [3.8, 4) is 0 Å². The van der Waals surface area contributed by atoms with Crippen LogP contribution in [0.4, 0.5) is 0 Å². The topological polar surface area (TPSA) is 51.0 Å². The molecule has 2 atom stereocenters. The van der Waals surface area contributed by atoms with Crippen LogP contribution in [-0.2, 0) is 6.54 Å². The number of halogens is 1. The molecule has 5 nitrogen and oxygen atoms in total. The lowest BCUT2D eigenvalue weighted by Gasteiger charge is -2.34. The molecule has 23 heavy (non-hydrogen) atoms. The highest BCUT2D eigenvalue weighted by molar-refractivity contribution is 6.32. The Kier molecular flexibility index (Phi) is 4.66. The average Bonchev–Trinajstić information content (AvgIpc) is 2.88. The van der Waals surface area contributed by atoms with Gasteiger partial charge in [-0.2, -0.15) is 0 Å². The number of rotatable bonds is 3. The summed E-state index contributed by atoms with van der Waals surface area (Å²) >= 11 is 6.35. The predicted octanol–water partition coefficient (Wildman–Crippen LogP) is 3.10. The van der Waals surface area contributed by atoms with E-state index >= 15 is 0 Å². The van der Waals surface area contributed by atoms with Crippen LogP contribution >= 0.6 is 11.6 Å². The minimum Gasteiger partial charge on any atom is -0.337 e. The van der Waals surface area contributed by atoms with Crippen molar-refractivity contribution < 1.29 is 4.79 Å². The zero-order valence-corrected chi connectivity index (χ0v) is 14.2. The van der Waals surface area contributed by atoms with Crippen molar-refractivity contribution in [2.24, 2.45) is 11.8 Å². The van der Waals surface area contributed by atoms with E-state index in [4.69, 9.17) is 11.6 Å². The molecule has 1 aliphatic rings. The second-order valence-electron chi connectivity index (χ2n) is 6.53. The molecule has 3 rings (SSSR count). The number of amides is 1. The zero-order chi connectivity index (χ0) is 16.4. The number of carbonyl (C=O) groups is 1. The van der Waals surface area contributed by atoms with Gasteiger partial charge >= 0.3 is 0 Å². The highest BCUT2D eigenvalue weighted by atomic mass is 35.5. The molecule has 1 fully saturated rings. The molecule has 0 aliphatic carbocycles. The summed E-state index contributed by atoms with van der Waals surface area (Å²) in [5.74, 6) is 0.884. The first-order chi connectivity index (χ1) is 11.0. The maximum Gasteiger partial charge on any atom is 0.277 e. The minimum atomic E-state index is -0.118. The molecule has 0 unspecified atom stereocenters. The Hall–Kier alpha value is -1.88. The summed E-state index contributed by atoms with van der Waals surface area (Å²) in [5, 5.41) is 8.39. The largest absolute Gasteiger partial charge is 0.337 e. The molecule has 1 aliphatic heterocycles. The van der Waals surface area contributed by atoms with Crippen LogP contribution in [0.2, 0.25) is 5.15 Å². The van der Waals surface area contributed by atoms with Crippen LogP contribution in [-0.4, -0.2) is 38.9 Å². The first-order valence-electron chi connectivity index (χ1n) is 7.96. The predicted molar refractivity (Wildman–Crippen MR) is 89.4 cm³/mol. The van der Waals surface area contributed by atoms with E-state index < -0.39 is 0 Å². The molecule has 1 saturated heterocycles. The van der Waals surface area contributed by atoms with Gasteiger partial charge in [-0.25, -0.2) is 4.68 Å². The lowest BCUT2D eigenvalue weighted by molar-refractivity contribution is 0.0617. The van der Waals surface area contributed by atoms with Crippen LogP contribution in [0.3, 0.4) is 0 Å². The summed E-state index contributed by atoms with van der Waals surface area (Å²) in [4.78, 5) is 14.6. The van der Waals surface area contributed by atoms with E-state index in [0.29, 0.717) is 23.5 Å². The van der Waals surface area contributed by atoms with Crippen molar-refractivity contribution in [1.29, 1.82) is 0 Å². The van der Waals surface area contributed by atoms with Crippen LogP contribution < -0.4 is 0 Å². The summed E-state index contributed by atoms with van der Waals surface area (Å²) in [5.41, 5.74) is 1.32. The van der Waals surface area contributed by atoms with Crippen LogP contribution in [0, 0.1) is 11.8 Å². The van der Waals surface area contributed by atoms with Crippen molar-refractivity contribution in [1.82, 2.24) is 19.9 Å². The van der Waals surface area contributed by atoms with Gasteiger partial charge < -0.3 is 4.90 Å². The number of likely N-dealkylation sites (tertiary alicyclic amines) is 1. The average molecular weight is 333 g/mol. The summed E-state index contributed by atoms with van der Waals surface area (Å²) in [7, 11) is 0. The van der Waals surface area contributed by atoms with E-state index in [1.807, 2.05) is 35.2 Å². The van der Waals surface area contributed by atoms with Gasteiger partial charge in [-0.3, -0.25) is 4.79 Å². The fraction of sp³-hybridized carbons (Fsp3) is 0.471. The molecule has 2 heterocycles. The first-order valence-corrected chi connectivity index (χ1v) is 8.34. The Morgan fingerprint density at radius 3 is 2.52 bits per heavy atom. The van der Waals surface area contributed by atoms with Crippen molar-refractivity contribution >= 4 is 17.5 Å². The van der Waals surface area contributed by atoms with Gasteiger partial charge in [0, 0.05) is 13.1 Å². The summed E-state index contributed by atoms with van der Waals surface area (Å²) in [6, 6.07) is 9.87. The molecular formula is C17H21ClN4O. The zero-order valence-electron chi connectivity index (χ0n) is 13.4. The Labute approximate surface area is 141 Å². The molecule has 2 aromatic rings. The normalized spacial score (nSPS) is 21.4. The molecule has 6 heteroatoms. The number of nitrogens with zero attached hydrogens (tertiary/aromatic N) is 4. The van der Waals surface area contributed by atoms with Crippen LogP contribution in [0.25, 0.3) is 0 Å². The monoisotopic (exact) mass is 332 g/mol. The highest BCUT2D eigenvalue weighted by Crippen LogP contribution is 2.24. The van der Waals surface area contributed by atoms with Gasteiger partial charge in [-0.15, -0.1) is 5.10 Å². The smallest absolute Gasteiger partial charge is 0.277 e. The minimum absolute atomic E-state index is 0.118. The van der Waals surface area contributed by atoms with Crippen LogP contribution in [0.15, 0.2) is 30.3 Å². The van der Waals surface area contributed by atoms with Crippen molar-refractivity contribution in [3.63, 3.8) is 0 Å². The van der Waals surface area contributed by atoms with E-state index in [1.54, 1.807) is 4.68 Å². The molecule has 1 aromatic heterocycles. The number of hydrogen-bond donors (Lipinski definition) is 0. The Morgan fingerprint density at radius 1 is 1.22 bits per heavy atom. The molecule has 0 bridgehead atoms. The highest BCUT2D eigenvalue weighted by Gasteiger charge is 2.29. The quantitative estimate of drug-likeness (QED) is 0.867. The number of aromatic nitrogens is 3. The summed E-state index contributed by atoms with van der Waals surface area (Å²) in [6.45, 7) is 6.36. The van der Waals surface area contributed by atoms with E-state index in [-0.39, 0.29) is 11.6 Å². The number of benzene rings is 1. The fourth-order valence-electron chi connectivity index (χ4n) is 3.27. The standard InChI is InChI=1S/C17H21ClN4O/c1-12-8-13(2)10-21(9-12)17(23)15-16(18)22(20-19-15)11-14-6-4-3-5-7-14/h3-7,12-13H,8-11H2,1-2H3/t12-,13-/m1/s1. The fourth-order valence-corrected chi connectivity index (χ4v) is 3.48. The van der Waals surface area contributed by atoms with Crippen molar-refractivity contribution in [2.75, 3.05) is 13.1 Å². The summed E-state index contributed by atoms with van der Waals surface area (Å²) < 4.78 is 1.57. The number of piperidine rings is 1. The first kappa shape index (κ1) is 16.0. The molecule has 0 spiro atoms. The second-order valence-corrected chi connectivity index (χ2v) is 6.89. The number of hydrogen-bond acceptors (Lipinski definition) is 3. The molecular weight excluding hydrogens is 312 g/mol. The van der Waals surface area contributed by atoms with Gasteiger partial charge in [-0.1, -0.05) is 61.0 Å². The molecule has 1 amide bonds. The molecule has 0 saturated carbocycles. The van der Waals surface area contributed by atoms with Crippen LogP contribution in [0.5, 0.6) is 0 Å². The third-order valence-electron chi connectivity index (χ3n) is 4.21. The van der Waals surface area contributed by atoms with Gasteiger partial charge in [0.2, 0.25) is 0 Å². The van der Waals surface area contributed by atoms with E-state index in [1.165, 1.54) is 0 Å². The Morgan fingerprint density at radius 2 is 1.87 bits per heavy atom. The van der Waals surface area contributed by atoms with Crippen molar-refractivity contribution in [3.05, 3.63) is 46.7 Å². The third kappa shape index (κ3) is 3.55. The van der Waals surface area contributed by atoms with Crippen molar-refractivity contribution in [2.45, 2.75) is 26.8 Å². The lowest BCUT2D eigenvalue weighted by atomic mass is 9.92. The van der Waals surface area contributed by atoms with Gasteiger partial charge in [0.1, 0.15) is 0 Å². The number of carbonyl (C=O) groups excluding carboxylic acids is 1. The molecule has 122 valence electrons. The third-order valence-corrected chi connectivity index (χ3v) is 4.58. The van der Waals surface area contributed by atoms with Gasteiger partial charge in [0.15, 0.2) is 10.8 Å². The SMILES string of the molecule is C[C@@H]1C[C@@H](C)CN(C(=O)c2nnn(Cc3ccccc3)c2Cl)C1. The second kappa shape index (κ2) is 6.71. The Balaban J connectivity index is 1.77. The van der Waals surface area contributed by atoms with E-state index in [9.17, 15) is 4.79 Å². The molecule has 0 radical (unpaired) electrons. The molecule has 0 N–H and O–H groups in total. The summed E-state index contributed by atoms with van der Waals surface area (Å²) in [6.07, 6.45) is 1.15. The van der Waals surface area contributed by atoms with Gasteiger partial charge in [-0.05, 0) is 23.8 Å².